The van der Waals surface area contributed by atoms with Crippen LogP contribution in [0, 0.1) is 22.4 Å². The third kappa shape index (κ3) is 2.83. The van der Waals surface area contributed by atoms with Gasteiger partial charge in [-0.05, 0) is 13.0 Å². The minimum absolute atomic E-state index is 0.0236. The Morgan fingerprint density at radius 1 is 1.67 bits per heavy atom. The van der Waals surface area contributed by atoms with Gasteiger partial charge in [-0.15, -0.1) is 0 Å². The Labute approximate surface area is 85.5 Å². The molecule has 1 heterocycles. The summed E-state index contributed by atoms with van der Waals surface area (Å²) in [5.74, 6) is 0.448. The quantitative estimate of drug-likeness (QED) is 0.336. The molecule has 78 valence electrons. The third-order valence-corrected chi connectivity index (χ3v) is 1.62. The number of hydrogen-bond acceptors (Lipinski definition) is 4. The van der Waals surface area contributed by atoms with Crippen LogP contribution in [0.1, 0.15) is 5.69 Å². The molecule has 1 aromatic rings. The second-order valence-electron chi connectivity index (χ2n) is 2.61. The Kier molecular flexibility index (Phi) is 3.44. The maximum Gasteiger partial charge on any atom is 0.290 e. The highest BCUT2D eigenvalue weighted by molar-refractivity contribution is 5.80. The van der Waals surface area contributed by atoms with E-state index in [0.717, 1.165) is 6.34 Å². The summed E-state index contributed by atoms with van der Waals surface area (Å²) in [7, 11) is 0. The standard InChI is InChI=1S/C8H9N5O2/c1-6-7(13(14)15)2-3-8(12-6)11-5-10-4-9/h2-5H,1H3,(H2,9,10,11,12). The highest BCUT2D eigenvalue weighted by Gasteiger charge is 2.10. The molecule has 2 N–H and O–H groups in total. The lowest BCUT2D eigenvalue weighted by molar-refractivity contribution is -0.385. The van der Waals surface area contributed by atoms with Crippen molar-refractivity contribution in [3.8, 4) is 0 Å². The summed E-state index contributed by atoms with van der Waals surface area (Å²) in [5, 5.41) is 19.8. The van der Waals surface area contributed by atoms with Crippen LogP contribution in [0.3, 0.4) is 0 Å². The van der Waals surface area contributed by atoms with E-state index in [4.69, 9.17) is 5.41 Å². The Morgan fingerprint density at radius 3 is 2.93 bits per heavy atom. The molecule has 1 aromatic heterocycles. The van der Waals surface area contributed by atoms with Crippen molar-refractivity contribution in [1.29, 1.82) is 5.41 Å². The Balaban J connectivity index is 2.86. The Morgan fingerprint density at radius 2 is 2.40 bits per heavy atom. The maximum atomic E-state index is 10.5. The molecule has 0 radical (unpaired) electrons. The average molecular weight is 207 g/mol. The molecule has 7 nitrogen and oxygen atoms in total. The van der Waals surface area contributed by atoms with Crippen LogP contribution >= 0.6 is 0 Å². The molecule has 0 spiro atoms. The summed E-state index contributed by atoms with van der Waals surface area (Å²) in [6.45, 7) is 1.55. The van der Waals surface area contributed by atoms with Crippen LogP contribution in [-0.4, -0.2) is 22.6 Å². The van der Waals surface area contributed by atoms with E-state index >= 15 is 0 Å². The van der Waals surface area contributed by atoms with Crippen molar-refractivity contribution in [3.05, 3.63) is 27.9 Å². The number of nitrogens with zero attached hydrogens (tertiary/aromatic N) is 3. The normalized spacial score (nSPS) is 10.2. The lowest BCUT2D eigenvalue weighted by Gasteiger charge is -2.00. The average Bonchev–Trinajstić information content (AvgIpc) is 2.17. The number of pyridine rings is 1. The molecule has 0 amide bonds. The molecule has 0 saturated carbocycles. The number of aliphatic imine (C=N–C) groups is 1. The van der Waals surface area contributed by atoms with Crippen LogP contribution in [0.5, 0.6) is 0 Å². The molecule has 15 heavy (non-hydrogen) atoms. The number of nitrogens with one attached hydrogen (secondary N) is 2. The lowest BCUT2D eigenvalue weighted by Crippen LogP contribution is -2.01. The zero-order chi connectivity index (χ0) is 11.3. The zero-order valence-corrected chi connectivity index (χ0v) is 7.97. The summed E-state index contributed by atoms with van der Waals surface area (Å²) in [4.78, 5) is 17.4. The molecule has 0 unspecified atom stereocenters. The van der Waals surface area contributed by atoms with Crippen LogP contribution < -0.4 is 5.32 Å². The first-order valence-corrected chi connectivity index (χ1v) is 4.04. The van der Waals surface area contributed by atoms with Crippen molar-refractivity contribution in [2.75, 3.05) is 5.32 Å². The highest BCUT2D eigenvalue weighted by Crippen LogP contribution is 2.17. The first kappa shape index (κ1) is 10.8. The molecule has 7 heteroatoms. The number of aryl methyl sites for hydroxylation is 1. The van der Waals surface area contributed by atoms with E-state index in [1.807, 2.05) is 0 Å². The predicted octanol–water partition coefficient (Wildman–Crippen LogP) is 1.35. The van der Waals surface area contributed by atoms with Crippen molar-refractivity contribution in [2.24, 2.45) is 4.99 Å². The molecule has 0 saturated heterocycles. The van der Waals surface area contributed by atoms with Crippen LogP contribution in [0.15, 0.2) is 17.1 Å². The summed E-state index contributed by atoms with van der Waals surface area (Å²) in [6.07, 6.45) is 2.14. The Hall–Kier alpha value is -2.31. The van der Waals surface area contributed by atoms with Gasteiger partial charge in [0.1, 0.15) is 17.9 Å². The van der Waals surface area contributed by atoms with Crippen molar-refractivity contribution in [2.45, 2.75) is 6.92 Å². The number of rotatable bonds is 4. The first-order chi connectivity index (χ1) is 7.15. The number of nitro groups is 1. The molecular formula is C8H9N5O2. The SMILES string of the molecule is Cc1nc(N/C=N\C=N)ccc1[N+](=O)[O-]. The van der Waals surface area contributed by atoms with Gasteiger partial charge in [0.15, 0.2) is 0 Å². The van der Waals surface area contributed by atoms with Gasteiger partial charge in [0.25, 0.3) is 5.69 Å². The largest absolute Gasteiger partial charge is 0.331 e. The van der Waals surface area contributed by atoms with Crippen molar-refractivity contribution >= 4 is 24.2 Å². The molecule has 0 aliphatic heterocycles. The van der Waals surface area contributed by atoms with Gasteiger partial charge in [-0.2, -0.15) is 0 Å². The highest BCUT2D eigenvalue weighted by atomic mass is 16.6. The smallest absolute Gasteiger partial charge is 0.290 e. The maximum absolute atomic E-state index is 10.5. The second-order valence-corrected chi connectivity index (χ2v) is 2.61. The number of hydrogen-bond donors (Lipinski definition) is 2. The molecule has 0 fully saturated rings. The Bertz CT molecular complexity index is 415. The molecule has 0 aromatic carbocycles. The fourth-order valence-electron chi connectivity index (χ4n) is 0.968. The molecule has 1 rings (SSSR count). The summed E-state index contributed by atoms with van der Waals surface area (Å²) in [6, 6.07) is 2.84. The van der Waals surface area contributed by atoms with E-state index in [1.54, 1.807) is 6.92 Å². The van der Waals surface area contributed by atoms with Crippen molar-refractivity contribution in [1.82, 2.24) is 4.98 Å². The second kappa shape index (κ2) is 4.80. The molecule has 0 atom stereocenters. The fraction of sp³-hybridized carbons (Fsp3) is 0.125. The molecular weight excluding hydrogens is 198 g/mol. The van der Waals surface area contributed by atoms with E-state index in [0.29, 0.717) is 11.5 Å². The van der Waals surface area contributed by atoms with Crippen LogP contribution in [0.25, 0.3) is 0 Å². The van der Waals surface area contributed by atoms with Gasteiger partial charge in [-0.3, -0.25) is 15.5 Å². The first-order valence-electron chi connectivity index (χ1n) is 4.04. The number of aromatic nitrogens is 1. The van der Waals surface area contributed by atoms with E-state index in [1.165, 1.54) is 18.5 Å². The fourth-order valence-corrected chi connectivity index (χ4v) is 0.968. The van der Waals surface area contributed by atoms with Crippen LogP contribution in [-0.2, 0) is 0 Å². The molecule has 0 bridgehead atoms. The van der Waals surface area contributed by atoms with E-state index in [2.05, 4.69) is 15.3 Å². The topological polar surface area (TPSA) is 104 Å². The van der Waals surface area contributed by atoms with Gasteiger partial charge in [0, 0.05) is 6.07 Å². The van der Waals surface area contributed by atoms with Crippen LogP contribution in [0.2, 0.25) is 0 Å². The van der Waals surface area contributed by atoms with Gasteiger partial charge in [0.05, 0.1) is 11.3 Å². The van der Waals surface area contributed by atoms with Gasteiger partial charge in [0.2, 0.25) is 0 Å². The lowest BCUT2D eigenvalue weighted by atomic mass is 10.3. The zero-order valence-electron chi connectivity index (χ0n) is 7.97. The van der Waals surface area contributed by atoms with E-state index < -0.39 is 4.92 Å². The van der Waals surface area contributed by atoms with Crippen molar-refractivity contribution < 1.29 is 4.92 Å². The van der Waals surface area contributed by atoms with E-state index in [9.17, 15) is 10.1 Å². The van der Waals surface area contributed by atoms with Gasteiger partial charge in [-0.25, -0.2) is 9.98 Å². The monoisotopic (exact) mass is 207 g/mol. The summed E-state index contributed by atoms with van der Waals surface area (Å²) in [5.41, 5.74) is 0.304. The summed E-state index contributed by atoms with van der Waals surface area (Å²) < 4.78 is 0. The number of anilines is 1. The third-order valence-electron chi connectivity index (χ3n) is 1.62. The molecule has 0 aliphatic rings. The molecule has 0 aliphatic carbocycles. The van der Waals surface area contributed by atoms with Gasteiger partial charge < -0.3 is 5.32 Å². The van der Waals surface area contributed by atoms with Gasteiger partial charge in [-0.1, -0.05) is 0 Å². The minimum Gasteiger partial charge on any atom is -0.331 e. The summed E-state index contributed by atoms with van der Waals surface area (Å²) >= 11 is 0. The minimum atomic E-state index is -0.488. The van der Waals surface area contributed by atoms with Crippen LogP contribution in [0.4, 0.5) is 11.5 Å². The van der Waals surface area contributed by atoms with Crippen molar-refractivity contribution in [3.63, 3.8) is 0 Å². The predicted molar refractivity (Wildman–Crippen MR) is 56.5 cm³/mol. The van der Waals surface area contributed by atoms with E-state index in [-0.39, 0.29) is 5.69 Å². The van der Waals surface area contributed by atoms with Gasteiger partial charge >= 0.3 is 0 Å².